The third-order valence-electron chi connectivity index (χ3n) is 4.99. The van der Waals surface area contributed by atoms with Crippen LogP contribution in [0.1, 0.15) is 32.1 Å². The van der Waals surface area contributed by atoms with Gasteiger partial charge < -0.3 is 5.32 Å². The minimum Gasteiger partial charge on any atom is -0.312 e. The summed E-state index contributed by atoms with van der Waals surface area (Å²) in [5, 5.41) is 3.62. The highest BCUT2D eigenvalue weighted by atomic mass is 15.4. The van der Waals surface area contributed by atoms with Crippen LogP contribution in [0.15, 0.2) is 11.6 Å². The molecule has 0 spiro atoms. The van der Waals surface area contributed by atoms with Gasteiger partial charge in [0, 0.05) is 44.8 Å². The summed E-state index contributed by atoms with van der Waals surface area (Å²) in [5.74, 6) is 0. The molecule has 18 heavy (non-hydrogen) atoms. The van der Waals surface area contributed by atoms with Gasteiger partial charge in [0.1, 0.15) is 0 Å². The Morgan fingerprint density at radius 2 is 2.00 bits per heavy atom. The van der Waals surface area contributed by atoms with Gasteiger partial charge in [-0.15, -0.1) is 0 Å². The van der Waals surface area contributed by atoms with E-state index in [2.05, 4.69) is 28.2 Å². The molecule has 2 unspecified atom stereocenters. The molecule has 0 aromatic heterocycles. The van der Waals surface area contributed by atoms with E-state index in [1.165, 1.54) is 64.8 Å². The van der Waals surface area contributed by atoms with Crippen molar-refractivity contribution in [3.05, 3.63) is 11.6 Å². The molecule has 3 nitrogen and oxygen atoms in total. The standard InChI is InChI=1S/C15H27N3/c1-16-15(13-6-4-2-3-5-7-13)14-12-17-8-10-18(14)11-9-17/h6,14-16H,2-5,7-12H2,1H3. The summed E-state index contributed by atoms with van der Waals surface area (Å²) in [6, 6.07) is 1.30. The van der Waals surface area contributed by atoms with Crippen LogP contribution < -0.4 is 5.32 Å². The molecule has 4 aliphatic rings. The smallest absolute Gasteiger partial charge is 0.0447 e. The number of likely N-dealkylation sites (N-methyl/N-ethyl adjacent to an activating group) is 1. The number of hydrogen-bond donors (Lipinski definition) is 1. The molecule has 1 N–H and O–H groups in total. The second-order valence-corrected chi connectivity index (χ2v) is 6.05. The van der Waals surface area contributed by atoms with E-state index in [9.17, 15) is 0 Å². The molecule has 3 heteroatoms. The molecule has 2 bridgehead atoms. The van der Waals surface area contributed by atoms with Crippen LogP contribution in [0, 0.1) is 0 Å². The van der Waals surface area contributed by atoms with E-state index < -0.39 is 0 Å². The molecule has 102 valence electrons. The van der Waals surface area contributed by atoms with Crippen LogP contribution in [0.5, 0.6) is 0 Å². The van der Waals surface area contributed by atoms with Crippen LogP contribution in [0.4, 0.5) is 0 Å². The number of hydrogen-bond acceptors (Lipinski definition) is 3. The van der Waals surface area contributed by atoms with Crippen molar-refractivity contribution in [1.29, 1.82) is 0 Å². The van der Waals surface area contributed by atoms with Crippen molar-refractivity contribution in [2.45, 2.75) is 44.2 Å². The lowest BCUT2D eigenvalue weighted by Gasteiger charge is -2.50. The third-order valence-corrected chi connectivity index (χ3v) is 4.99. The maximum absolute atomic E-state index is 3.62. The van der Waals surface area contributed by atoms with Crippen molar-refractivity contribution in [3.8, 4) is 0 Å². The minimum absolute atomic E-state index is 0.589. The van der Waals surface area contributed by atoms with E-state index in [1.54, 1.807) is 5.57 Å². The molecule has 0 aromatic carbocycles. The lowest BCUT2D eigenvalue weighted by molar-refractivity contribution is 0.00266. The van der Waals surface area contributed by atoms with Crippen LogP contribution in [0.25, 0.3) is 0 Å². The van der Waals surface area contributed by atoms with E-state index >= 15 is 0 Å². The van der Waals surface area contributed by atoms with E-state index in [1.807, 2.05) is 0 Å². The van der Waals surface area contributed by atoms with Gasteiger partial charge in [-0.2, -0.15) is 0 Å². The monoisotopic (exact) mass is 249 g/mol. The topological polar surface area (TPSA) is 18.5 Å². The van der Waals surface area contributed by atoms with Gasteiger partial charge in [-0.3, -0.25) is 9.80 Å². The lowest BCUT2D eigenvalue weighted by Crippen LogP contribution is -2.66. The van der Waals surface area contributed by atoms with Crippen LogP contribution >= 0.6 is 0 Å². The van der Waals surface area contributed by atoms with Crippen LogP contribution in [0.2, 0.25) is 0 Å². The average molecular weight is 249 g/mol. The van der Waals surface area contributed by atoms with Gasteiger partial charge in [-0.1, -0.05) is 18.1 Å². The zero-order valence-corrected chi connectivity index (χ0v) is 11.7. The maximum atomic E-state index is 3.62. The van der Waals surface area contributed by atoms with Crippen molar-refractivity contribution in [3.63, 3.8) is 0 Å². The average Bonchev–Trinajstić information content (AvgIpc) is 2.70. The van der Waals surface area contributed by atoms with Crippen LogP contribution in [0.3, 0.4) is 0 Å². The molecule has 3 aliphatic heterocycles. The Morgan fingerprint density at radius 1 is 1.17 bits per heavy atom. The van der Waals surface area contributed by atoms with Gasteiger partial charge in [0.2, 0.25) is 0 Å². The highest BCUT2D eigenvalue weighted by molar-refractivity contribution is 5.17. The Balaban J connectivity index is 1.73. The summed E-state index contributed by atoms with van der Waals surface area (Å²) in [6.07, 6.45) is 9.34. The van der Waals surface area contributed by atoms with E-state index in [0.29, 0.717) is 12.1 Å². The molecule has 3 heterocycles. The Kier molecular flexibility index (Phi) is 4.02. The predicted octanol–water partition coefficient (Wildman–Crippen LogP) is 1.46. The first-order valence-electron chi connectivity index (χ1n) is 7.71. The molecular formula is C15H27N3. The van der Waals surface area contributed by atoms with E-state index in [0.717, 1.165) is 0 Å². The summed E-state index contributed by atoms with van der Waals surface area (Å²) in [4.78, 5) is 5.36. The first kappa shape index (κ1) is 12.6. The highest BCUT2D eigenvalue weighted by Gasteiger charge is 2.37. The Morgan fingerprint density at radius 3 is 2.67 bits per heavy atom. The molecule has 0 radical (unpaired) electrons. The fraction of sp³-hybridized carbons (Fsp3) is 0.867. The summed E-state index contributed by atoms with van der Waals surface area (Å²) in [5.41, 5.74) is 1.69. The van der Waals surface area contributed by atoms with E-state index in [-0.39, 0.29) is 0 Å². The fourth-order valence-electron chi connectivity index (χ4n) is 3.92. The summed E-state index contributed by atoms with van der Waals surface area (Å²) in [7, 11) is 2.15. The summed E-state index contributed by atoms with van der Waals surface area (Å²) < 4.78 is 0. The molecule has 0 aromatic rings. The number of nitrogens with one attached hydrogen (secondary N) is 1. The number of piperazine rings is 3. The largest absolute Gasteiger partial charge is 0.312 e. The second-order valence-electron chi connectivity index (χ2n) is 6.05. The second kappa shape index (κ2) is 5.72. The SMILES string of the molecule is CNC(C1=CCCCCC1)C1CN2CCN1CC2. The first-order valence-corrected chi connectivity index (χ1v) is 7.71. The fourth-order valence-corrected chi connectivity index (χ4v) is 3.92. The number of nitrogens with zero attached hydrogens (tertiary/aromatic N) is 2. The molecular weight excluding hydrogens is 222 g/mol. The van der Waals surface area contributed by atoms with Crippen molar-refractivity contribution in [2.75, 3.05) is 39.8 Å². The molecule has 4 rings (SSSR count). The van der Waals surface area contributed by atoms with Crippen LogP contribution in [-0.4, -0.2) is 61.7 Å². The van der Waals surface area contributed by atoms with Crippen molar-refractivity contribution >= 4 is 0 Å². The maximum Gasteiger partial charge on any atom is 0.0447 e. The molecule has 3 saturated heterocycles. The molecule has 0 amide bonds. The van der Waals surface area contributed by atoms with Gasteiger partial charge in [0.15, 0.2) is 0 Å². The summed E-state index contributed by atoms with van der Waals surface area (Å²) >= 11 is 0. The normalized spacial score (nSPS) is 38.1. The van der Waals surface area contributed by atoms with Crippen LogP contribution in [-0.2, 0) is 0 Å². The van der Waals surface area contributed by atoms with Crippen molar-refractivity contribution in [2.24, 2.45) is 0 Å². The van der Waals surface area contributed by atoms with Gasteiger partial charge in [-0.25, -0.2) is 0 Å². The Labute approximate surface area is 111 Å². The molecule has 0 saturated carbocycles. The zero-order chi connectivity index (χ0) is 12.4. The lowest BCUT2D eigenvalue weighted by atomic mass is 9.91. The molecule has 1 aliphatic carbocycles. The van der Waals surface area contributed by atoms with Gasteiger partial charge >= 0.3 is 0 Å². The Bertz CT molecular complexity index is 305. The quantitative estimate of drug-likeness (QED) is 0.764. The summed E-state index contributed by atoms with van der Waals surface area (Å²) in [6.45, 7) is 6.38. The predicted molar refractivity (Wildman–Crippen MR) is 75.8 cm³/mol. The van der Waals surface area contributed by atoms with Gasteiger partial charge in [0.25, 0.3) is 0 Å². The molecule has 3 fully saturated rings. The van der Waals surface area contributed by atoms with Gasteiger partial charge in [-0.05, 0) is 32.7 Å². The third kappa shape index (κ3) is 2.49. The number of rotatable bonds is 3. The minimum atomic E-state index is 0.589. The van der Waals surface area contributed by atoms with E-state index in [4.69, 9.17) is 0 Å². The Hall–Kier alpha value is -0.380. The van der Waals surface area contributed by atoms with Crippen molar-refractivity contribution < 1.29 is 0 Å². The molecule has 2 atom stereocenters. The number of allylic oxidation sites excluding steroid dienone is 1. The highest BCUT2D eigenvalue weighted by Crippen LogP contribution is 2.26. The van der Waals surface area contributed by atoms with Gasteiger partial charge in [0.05, 0.1) is 0 Å². The first-order chi connectivity index (χ1) is 8.88. The zero-order valence-electron chi connectivity index (χ0n) is 11.7. The number of fused-ring (bicyclic) bond motifs is 3. The van der Waals surface area contributed by atoms with Crippen molar-refractivity contribution in [1.82, 2.24) is 15.1 Å².